The van der Waals surface area contributed by atoms with Crippen LogP contribution in [0.4, 0.5) is 0 Å². The number of nitrogens with zero attached hydrogens (tertiary/aromatic N) is 2. The summed E-state index contributed by atoms with van der Waals surface area (Å²) in [7, 11) is -1.77. The molecule has 1 N–H and O–H groups in total. The topological polar surface area (TPSA) is 75.4 Å². The number of benzene rings is 1. The summed E-state index contributed by atoms with van der Waals surface area (Å²) >= 11 is 5.89. The van der Waals surface area contributed by atoms with Gasteiger partial charge in [-0.15, -0.1) is 0 Å². The average molecular weight is 370 g/mol. The van der Waals surface area contributed by atoms with Crippen LogP contribution in [0, 0.1) is 0 Å². The van der Waals surface area contributed by atoms with Crippen LogP contribution in [-0.4, -0.2) is 43.9 Å². The highest BCUT2D eigenvalue weighted by atomic mass is 35.5. The summed E-state index contributed by atoms with van der Waals surface area (Å²) in [5.41, 5.74) is 1.69. The number of aromatic nitrogens is 1. The van der Waals surface area contributed by atoms with E-state index >= 15 is 0 Å². The molecule has 1 aliphatic rings. The van der Waals surface area contributed by atoms with Crippen molar-refractivity contribution in [3.05, 3.63) is 41.1 Å². The maximum atomic E-state index is 11.8. The molecule has 0 saturated carbocycles. The summed E-state index contributed by atoms with van der Waals surface area (Å²) < 4.78 is 31.4. The summed E-state index contributed by atoms with van der Waals surface area (Å²) in [4.78, 5) is 2.14. The van der Waals surface area contributed by atoms with E-state index in [9.17, 15) is 8.42 Å². The van der Waals surface area contributed by atoms with Crippen molar-refractivity contribution in [1.82, 2.24) is 14.8 Å². The zero-order valence-corrected chi connectivity index (χ0v) is 15.0. The van der Waals surface area contributed by atoms with Crippen LogP contribution in [0.15, 0.2) is 34.9 Å². The summed E-state index contributed by atoms with van der Waals surface area (Å²) in [6.07, 6.45) is 1.86. The average Bonchev–Trinajstić information content (AvgIpc) is 3.18. The van der Waals surface area contributed by atoms with Crippen molar-refractivity contribution in [2.45, 2.75) is 25.4 Å². The highest BCUT2D eigenvalue weighted by Crippen LogP contribution is 2.25. The number of likely N-dealkylation sites (tertiary alicyclic amines) is 1. The molecule has 2 heterocycles. The van der Waals surface area contributed by atoms with E-state index in [1.807, 2.05) is 30.3 Å². The first-order chi connectivity index (χ1) is 11.5. The van der Waals surface area contributed by atoms with Gasteiger partial charge in [0, 0.05) is 22.7 Å². The summed E-state index contributed by atoms with van der Waals surface area (Å²) in [6, 6.07) is 9.30. The molecule has 2 aromatic rings. The zero-order chi connectivity index (χ0) is 17.2. The first-order valence-electron chi connectivity index (χ1n) is 7.83. The lowest BCUT2D eigenvalue weighted by atomic mass is 10.1. The Hall–Kier alpha value is -1.41. The Bertz CT molecular complexity index is 789. The molecule has 1 fully saturated rings. The highest BCUT2D eigenvalue weighted by Gasteiger charge is 2.29. The van der Waals surface area contributed by atoms with Gasteiger partial charge < -0.3 is 4.52 Å². The lowest BCUT2D eigenvalue weighted by molar-refractivity contribution is 0.227. The monoisotopic (exact) mass is 369 g/mol. The second kappa shape index (κ2) is 7.23. The van der Waals surface area contributed by atoms with E-state index < -0.39 is 10.0 Å². The Balaban J connectivity index is 1.69. The molecule has 6 nitrogen and oxygen atoms in total. The third-order valence-electron chi connectivity index (χ3n) is 4.28. The molecule has 1 aromatic heterocycles. The number of sulfonamides is 1. The molecule has 1 saturated heterocycles. The maximum Gasteiger partial charge on any atom is 0.212 e. The van der Waals surface area contributed by atoms with Gasteiger partial charge in [-0.2, -0.15) is 0 Å². The van der Waals surface area contributed by atoms with Gasteiger partial charge in [0.25, 0.3) is 0 Å². The summed E-state index contributed by atoms with van der Waals surface area (Å²) in [5, 5.41) is 4.77. The molecular formula is C16H20ClN3O3S. The molecule has 0 spiro atoms. The van der Waals surface area contributed by atoms with Gasteiger partial charge in [-0.1, -0.05) is 28.9 Å². The van der Waals surface area contributed by atoms with E-state index in [-0.39, 0.29) is 11.8 Å². The Morgan fingerprint density at radius 2 is 2.12 bits per heavy atom. The van der Waals surface area contributed by atoms with Gasteiger partial charge in [0.1, 0.15) is 5.69 Å². The Kier molecular flexibility index (Phi) is 5.24. The number of rotatable bonds is 6. The summed E-state index contributed by atoms with van der Waals surface area (Å²) in [5.74, 6) is 0.843. The molecule has 0 aliphatic carbocycles. The van der Waals surface area contributed by atoms with Crippen LogP contribution < -0.4 is 4.72 Å². The van der Waals surface area contributed by atoms with Crippen molar-refractivity contribution >= 4 is 21.6 Å². The highest BCUT2D eigenvalue weighted by molar-refractivity contribution is 7.89. The third-order valence-corrected chi connectivity index (χ3v) is 5.98. The minimum absolute atomic E-state index is 0.00605. The maximum absolute atomic E-state index is 11.8. The van der Waals surface area contributed by atoms with Gasteiger partial charge >= 0.3 is 0 Å². The molecule has 1 unspecified atom stereocenters. The van der Waals surface area contributed by atoms with Crippen molar-refractivity contribution < 1.29 is 12.9 Å². The van der Waals surface area contributed by atoms with Gasteiger partial charge in [-0.3, -0.25) is 4.90 Å². The van der Waals surface area contributed by atoms with Gasteiger partial charge in [0.15, 0.2) is 5.76 Å². The summed E-state index contributed by atoms with van der Waals surface area (Å²) in [6.45, 7) is 1.42. The van der Waals surface area contributed by atoms with E-state index in [2.05, 4.69) is 14.8 Å². The minimum Gasteiger partial charge on any atom is -0.359 e. The normalized spacial score (nSPS) is 19.0. The van der Waals surface area contributed by atoms with Crippen LogP contribution in [-0.2, 0) is 16.6 Å². The Morgan fingerprint density at radius 1 is 1.38 bits per heavy atom. The molecule has 1 aromatic carbocycles. The van der Waals surface area contributed by atoms with E-state index in [1.165, 1.54) is 7.05 Å². The first kappa shape index (κ1) is 17.4. The molecule has 3 rings (SSSR count). The SMILES string of the molecule is CNS(=O)(=O)CC1CCCN1Cc1cc(-c2ccc(Cl)cc2)no1. The van der Waals surface area contributed by atoms with Crippen LogP contribution in [0.3, 0.4) is 0 Å². The molecular weight excluding hydrogens is 350 g/mol. The predicted molar refractivity (Wildman–Crippen MR) is 93.2 cm³/mol. The van der Waals surface area contributed by atoms with E-state index in [0.717, 1.165) is 36.4 Å². The predicted octanol–water partition coefficient (Wildman–Crippen LogP) is 2.51. The molecule has 24 heavy (non-hydrogen) atoms. The number of hydrogen-bond donors (Lipinski definition) is 1. The fraction of sp³-hybridized carbons (Fsp3) is 0.438. The number of nitrogens with one attached hydrogen (secondary N) is 1. The van der Waals surface area contributed by atoms with E-state index in [4.69, 9.17) is 16.1 Å². The second-order valence-corrected chi connectivity index (χ2v) is 8.34. The smallest absolute Gasteiger partial charge is 0.212 e. The van der Waals surface area contributed by atoms with Crippen LogP contribution in [0.5, 0.6) is 0 Å². The van der Waals surface area contributed by atoms with Crippen molar-refractivity contribution in [1.29, 1.82) is 0 Å². The molecule has 1 aliphatic heterocycles. The van der Waals surface area contributed by atoms with Crippen molar-refractivity contribution in [2.24, 2.45) is 0 Å². The molecule has 0 radical (unpaired) electrons. The van der Waals surface area contributed by atoms with Crippen molar-refractivity contribution in [3.63, 3.8) is 0 Å². The molecule has 1 atom stereocenters. The molecule has 0 bridgehead atoms. The largest absolute Gasteiger partial charge is 0.359 e. The Morgan fingerprint density at radius 3 is 2.83 bits per heavy atom. The Labute approximate surface area is 146 Å². The van der Waals surface area contributed by atoms with E-state index in [0.29, 0.717) is 11.6 Å². The van der Waals surface area contributed by atoms with Gasteiger partial charge in [0.2, 0.25) is 10.0 Å². The van der Waals surface area contributed by atoms with Gasteiger partial charge in [0.05, 0.1) is 12.3 Å². The van der Waals surface area contributed by atoms with Crippen LogP contribution in [0.2, 0.25) is 5.02 Å². The van der Waals surface area contributed by atoms with Crippen LogP contribution in [0.25, 0.3) is 11.3 Å². The fourth-order valence-electron chi connectivity index (χ4n) is 2.97. The first-order valence-corrected chi connectivity index (χ1v) is 9.87. The lowest BCUT2D eigenvalue weighted by Crippen LogP contribution is -2.38. The number of halogens is 1. The van der Waals surface area contributed by atoms with Crippen LogP contribution >= 0.6 is 11.6 Å². The van der Waals surface area contributed by atoms with Crippen molar-refractivity contribution in [2.75, 3.05) is 19.3 Å². The van der Waals surface area contributed by atoms with Crippen molar-refractivity contribution in [3.8, 4) is 11.3 Å². The standard InChI is InChI=1S/C16H20ClN3O3S/c1-18-24(21,22)11-14-3-2-8-20(14)10-15-9-16(19-23-15)12-4-6-13(17)7-5-12/h4-7,9,14,18H,2-3,8,10-11H2,1H3. The van der Waals surface area contributed by atoms with E-state index in [1.54, 1.807) is 0 Å². The van der Waals surface area contributed by atoms with Crippen LogP contribution in [0.1, 0.15) is 18.6 Å². The third kappa shape index (κ3) is 4.16. The molecule has 8 heteroatoms. The second-order valence-electron chi connectivity index (χ2n) is 5.94. The number of hydrogen-bond acceptors (Lipinski definition) is 5. The molecule has 130 valence electrons. The van der Waals surface area contributed by atoms with Gasteiger partial charge in [-0.25, -0.2) is 13.1 Å². The fourth-order valence-corrected chi connectivity index (χ4v) is 4.15. The minimum atomic E-state index is -3.22. The van der Waals surface area contributed by atoms with Gasteiger partial charge in [-0.05, 0) is 38.6 Å². The zero-order valence-electron chi connectivity index (χ0n) is 13.4. The quantitative estimate of drug-likeness (QED) is 0.846. The molecule has 0 amide bonds. The lowest BCUT2D eigenvalue weighted by Gasteiger charge is -2.22.